The third-order valence-corrected chi connectivity index (χ3v) is 6.36. The van der Waals surface area contributed by atoms with E-state index < -0.39 is 32.5 Å². The molecule has 0 amide bonds. The van der Waals surface area contributed by atoms with E-state index in [1.165, 1.54) is 12.1 Å². The lowest BCUT2D eigenvalue weighted by Gasteiger charge is -2.12. The Bertz CT molecular complexity index is 949. The van der Waals surface area contributed by atoms with E-state index in [0.717, 1.165) is 70.3 Å². The van der Waals surface area contributed by atoms with Crippen LogP contribution in [0.15, 0.2) is 47.4 Å². The number of carbonyl (C=O) groups is 2. The first kappa shape index (κ1) is 31.6. The molecule has 0 spiro atoms. The molecule has 8 heteroatoms. The first-order valence-corrected chi connectivity index (χ1v) is 14.5. The second-order valence-corrected chi connectivity index (χ2v) is 10.0. The Hall–Kier alpha value is -2.45. The van der Waals surface area contributed by atoms with E-state index in [9.17, 15) is 22.6 Å². The average Bonchev–Trinajstić information content (AvgIpc) is 2.85. The molecule has 202 valence electrons. The summed E-state index contributed by atoms with van der Waals surface area (Å²) in [5.41, 5.74) is -0.729. The smallest absolute Gasteiger partial charge is 0.340 e. The van der Waals surface area contributed by atoms with Crippen LogP contribution in [0.5, 0.6) is 0 Å². The third-order valence-electron chi connectivity index (χ3n) is 5.47. The van der Waals surface area contributed by atoms with Gasteiger partial charge in [0.05, 0.1) is 24.3 Å². The molecule has 0 saturated heterocycles. The largest absolute Gasteiger partial charge is 0.462 e. The Balaban J connectivity index is 2.66. The van der Waals surface area contributed by atoms with Crippen molar-refractivity contribution in [1.29, 1.82) is 0 Å². The van der Waals surface area contributed by atoms with E-state index in [1.807, 2.05) is 0 Å². The maximum atomic E-state index is 12.7. The van der Waals surface area contributed by atoms with Gasteiger partial charge in [0.25, 0.3) is 10.1 Å². The van der Waals surface area contributed by atoms with Crippen molar-refractivity contribution in [1.82, 2.24) is 0 Å². The summed E-state index contributed by atoms with van der Waals surface area (Å²) >= 11 is 0. The van der Waals surface area contributed by atoms with Crippen molar-refractivity contribution in [2.45, 2.75) is 95.8 Å². The van der Waals surface area contributed by atoms with Crippen LogP contribution in [-0.2, 0) is 19.6 Å². The van der Waals surface area contributed by atoms with Gasteiger partial charge in [-0.3, -0.25) is 4.55 Å². The minimum absolute atomic E-state index is 0.0819. The highest BCUT2D eigenvalue weighted by Crippen LogP contribution is 2.22. The lowest BCUT2D eigenvalue weighted by Crippen LogP contribution is -2.19. The van der Waals surface area contributed by atoms with Crippen LogP contribution in [0.1, 0.15) is 112 Å². The van der Waals surface area contributed by atoms with Crippen LogP contribution in [0.3, 0.4) is 0 Å². The number of esters is 2. The molecule has 1 aromatic carbocycles. The summed E-state index contributed by atoms with van der Waals surface area (Å²) in [5, 5.41) is 0. The summed E-state index contributed by atoms with van der Waals surface area (Å²) in [6, 6.07) is 3.65. The zero-order valence-corrected chi connectivity index (χ0v) is 22.6. The Morgan fingerprint density at radius 1 is 0.750 bits per heavy atom. The second kappa shape index (κ2) is 18.8. The number of allylic oxidation sites excluding steroid dienone is 4. The van der Waals surface area contributed by atoms with Crippen molar-refractivity contribution >= 4 is 22.1 Å². The molecule has 0 aliphatic heterocycles. The summed E-state index contributed by atoms with van der Waals surface area (Å²) in [7, 11) is -4.75. The fraction of sp³-hybridized carbons (Fsp3) is 0.571. The molecule has 1 N–H and O–H groups in total. The predicted molar refractivity (Wildman–Crippen MR) is 142 cm³/mol. The molecule has 0 unspecified atom stereocenters. The van der Waals surface area contributed by atoms with Crippen molar-refractivity contribution in [3.05, 3.63) is 53.6 Å². The van der Waals surface area contributed by atoms with Gasteiger partial charge in [-0.05, 0) is 76.3 Å². The number of ether oxygens (including phenoxy) is 2. The lowest BCUT2D eigenvalue weighted by atomic mass is 10.1. The first-order valence-electron chi connectivity index (χ1n) is 13.1. The quantitative estimate of drug-likeness (QED) is 0.0895. The molecule has 0 heterocycles. The van der Waals surface area contributed by atoms with E-state index >= 15 is 0 Å². The molecule has 0 aliphatic carbocycles. The molecule has 7 nitrogen and oxygen atoms in total. The number of hydrogen-bond acceptors (Lipinski definition) is 6. The summed E-state index contributed by atoms with van der Waals surface area (Å²) in [4.78, 5) is 24.7. The fourth-order valence-corrected chi connectivity index (χ4v) is 4.19. The molecule has 1 rings (SSSR count). The van der Waals surface area contributed by atoms with Crippen molar-refractivity contribution in [2.75, 3.05) is 13.2 Å². The molecule has 0 aliphatic rings. The van der Waals surface area contributed by atoms with Crippen molar-refractivity contribution in [2.24, 2.45) is 0 Å². The van der Waals surface area contributed by atoms with Crippen LogP contribution >= 0.6 is 0 Å². The number of unbranched alkanes of at least 4 members (excludes halogenated alkanes) is 8. The molecule has 0 bridgehead atoms. The van der Waals surface area contributed by atoms with Crippen LogP contribution < -0.4 is 0 Å². The third kappa shape index (κ3) is 13.0. The van der Waals surface area contributed by atoms with Gasteiger partial charge in [0, 0.05) is 0 Å². The van der Waals surface area contributed by atoms with Gasteiger partial charge in [0.1, 0.15) is 4.90 Å². The van der Waals surface area contributed by atoms with Gasteiger partial charge in [0.15, 0.2) is 0 Å². The van der Waals surface area contributed by atoms with Crippen LogP contribution in [-0.4, -0.2) is 38.1 Å². The average molecular weight is 523 g/mol. The van der Waals surface area contributed by atoms with Crippen molar-refractivity contribution in [3.63, 3.8) is 0 Å². The number of hydrogen-bond donors (Lipinski definition) is 1. The van der Waals surface area contributed by atoms with Gasteiger partial charge in [0.2, 0.25) is 0 Å². The summed E-state index contributed by atoms with van der Waals surface area (Å²) in [6.07, 6.45) is 19.8. The Morgan fingerprint density at radius 2 is 1.25 bits per heavy atom. The number of rotatable bonds is 19. The van der Waals surface area contributed by atoms with Gasteiger partial charge in [-0.2, -0.15) is 8.42 Å². The summed E-state index contributed by atoms with van der Waals surface area (Å²) in [6.45, 7) is 4.48. The summed E-state index contributed by atoms with van der Waals surface area (Å²) in [5.74, 6) is -1.80. The molecule has 0 fully saturated rings. The molecule has 36 heavy (non-hydrogen) atoms. The van der Waals surface area contributed by atoms with E-state index in [4.69, 9.17) is 9.47 Å². The number of carbonyl (C=O) groups excluding carboxylic acids is 2. The van der Waals surface area contributed by atoms with E-state index in [2.05, 4.69) is 38.2 Å². The minimum atomic E-state index is -4.75. The Labute approximate surface area is 216 Å². The molecule has 0 atom stereocenters. The van der Waals surface area contributed by atoms with Crippen LogP contribution in [0.25, 0.3) is 0 Å². The van der Waals surface area contributed by atoms with Crippen molar-refractivity contribution in [3.8, 4) is 0 Å². The molecule has 1 aromatic rings. The van der Waals surface area contributed by atoms with Crippen LogP contribution in [0, 0.1) is 0 Å². The van der Waals surface area contributed by atoms with E-state index in [-0.39, 0.29) is 18.8 Å². The van der Waals surface area contributed by atoms with E-state index in [1.54, 1.807) is 0 Å². The maximum Gasteiger partial charge on any atom is 0.340 e. The van der Waals surface area contributed by atoms with Gasteiger partial charge < -0.3 is 9.47 Å². The van der Waals surface area contributed by atoms with Crippen molar-refractivity contribution < 1.29 is 32.0 Å². The predicted octanol–water partition coefficient (Wildman–Crippen LogP) is 7.08. The van der Waals surface area contributed by atoms with Crippen LogP contribution in [0.2, 0.25) is 0 Å². The number of benzene rings is 1. The summed E-state index contributed by atoms with van der Waals surface area (Å²) < 4.78 is 43.9. The molecule has 0 radical (unpaired) electrons. The maximum absolute atomic E-state index is 12.7. The standard InChI is InChI=1S/C28H42O7S/c1-3-5-7-9-11-13-15-17-22-34-27(29)24-20-19-21-25(36(31,32)33)26(24)28(30)35-23-18-16-14-12-10-8-6-4-2/h7-10,19-21H,3-6,11-18,22-23H2,1-2H3,(H,31,32,33)/b9-7+,10-8+. The highest BCUT2D eigenvalue weighted by Gasteiger charge is 2.28. The van der Waals surface area contributed by atoms with Gasteiger partial charge >= 0.3 is 11.9 Å². The van der Waals surface area contributed by atoms with Gasteiger partial charge in [-0.15, -0.1) is 0 Å². The topological polar surface area (TPSA) is 107 Å². The minimum Gasteiger partial charge on any atom is -0.462 e. The molecule has 0 aromatic heterocycles. The van der Waals surface area contributed by atoms with Gasteiger partial charge in [-0.1, -0.05) is 57.1 Å². The molecule has 0 saturated carbocycles. The highest BCUT2D eigenvalue weighted by molar-refractivity contribution is 7.86. The highest BCUT2D eigenvalue weighted by atomic mass is 32.2. The van der Waals surface area contributed by atoms with Gasteiger partial charge in [-0.25, -0.2) is 9.59 Å². The molecular formula is C28H42O7S. The normalized spacial score (nSPS) is 11.9. The Morgan fingerprint density at radius 3 is 1.75 bits per heavy atom. The zero-order chi connectivity index (χ0) is 26.7. The first-order chi connectivity index (χ1) is 17.3. The second-order valence-electron chi connectivity index (χ2n) is 8.64. The SMILES string of the molecule is CCC/C=C/CCCCCOC(=O)c1cccc(S(=O)(=O)O)c1C(=O)OCCCCC/C=C/CCC. The van der Waals surface area contributed by atoms with E-state index in [0.29, 0.717) is 12.8 Å². The zero-order valence-electron chi connectivity index (χ0n) is 21.7. The Kier molecular flexibility index (Phi) is 16.5. The van der Waals surface area contributed by atoms with Crippen LogP contribution in [0.4, 0.5) is 0 Å². The lowest BCUT2D eigenvalue weighted by molar-refractivity contribution is 0.0447. The monoisotopic (exact) mass is 522 g/mol. The fourth-order valence-electron chi connectivity index (χ4n) is 3.49. The molecular weight excluding hydrogens is 480 g/mol.